The van der Waals surface area contributed by atoms with Gasteiger partial charge in [-0.25, -0.2) is 0 Å². The Labute approximate surface area is 169 Å². The number of hydrogen-bond donors (Lipinski definition) is 0. The summed E-state index contributed by atoms with van der Waals surface area (Å²) in [6, 6.07) is 10.00. The van der Waals surface area contributed by atoms with E-state index in [1.54, 1.807) is 11.1 Å². The molecule has 28 heavy (non-hydrogen) atoms. The van der Waals surface area contributed by atoms with Gasteiger partial charge < -0.3 is 14.5 Å². The van der Waals surface area contributed by atoms with E-state index in [9.17, 15) is 4.79 Å². The third kappa shape index (κ3) is 3.50. The van der Waals surface area contributed by atoms with Crippen LogP contribution in [0.25, 0.3) is 0 Å². The summed E-state index contributed by atoms with van der Waals surface area (Å²) in [4.78, 5) is 15.6. The van der Waals surface area contributed by atoms with Gasteiger partial charge in [0.05, 0.1) is 0 Å². The average molecular weight is 383 g/mol. The Hall–Kier alpha value is -1.39. The first-order chi connectivity index (χ1) is 13.8. The lowest BCUT2D eigenvalue weighted by Crippen LogP contribution is -2.55. The Kier molecular flexibility index (Phi) is 5.18. The van der Waals surface area contributed by atoms with Gasteiger partial charge in [-0.3, -0.25) is 4.79 Å². The van der Waals surface area contributed by atoms with Crippen molar-refractivity contribution in [2.24, 2.45) is 5.41 Å². The second kappa shape index (κ2) is 7.79. The summed E-state index contributed by atoms with van der Waals surface area (Å²) >= 11 is 0. The zero-order valence-electron chi connectivity index (χ0n) is 17.0. The number of hydrogen-bond acceptors (Lipinski definition) is 3. The Balaban J connectivity index is 1.20. The van der Waals surface area contributed by atoms with Crippen LogP contribution >= 0.6 is 0 Å². The van der Waals surface area contributed by atoms with E-state index < -0.39 is 0 Å². The van der Waals surface area contributed by atoms with Gasteiger partial charge in [0.2, 0.25) is 6.41 Å². The van der Waals surface area contributed by atoms with Crippen molar-refractivity contribution >= 4 is 6.41 Å². The fourth-order valence-corrected chi connectivity index (χ4v) is 6.50. The molecular formula is C24H34N2O2. The Bertz CT molecular complexity index is 686. The standard InChI is InChI=1S/C24H34N2O2/c27-18-25-16-24(17-25)10-5-21(15-24)26-11-6-19(7-12-26)22-3-1-2-4-23(22)20-8-13-28-14-9-20/h1-4,18-21H,5-17H2. The van der Waals surface area contributed by atoms with Crippen molar-refractivity contribution in [2.45, 2.75) is 62.8 Å². The molecule has 1 spiro atoms. The minimum absolute atomic E-state index is 0.456. The van der Waals surface area contributed by atoms with Gasteiger partial charge in [0.1, 0.15) is 0 Å². The number of likely N-dealkylation sites (tertiary alicyclic amines) is 2. The van der Waals surface area contributed by atoms with Crippen LogP contribution in [0.5, 0.6) is 0 Å². The number of rotatable bonds is 4. The van der Waals surface area contributed by atoms with E-state index in [4.69, 9.17) is 4.74 Å². The molecule has 152 valence electrons. The number of amides is 1. The lowest BCUT2D eigenvalue weighted by molar-refractivity contribution is -0.129. The SMILES string of the molecule is O=CN1CC2(CCC(N3CCC(c4ccccc4C4CCOCC4)CC3)C2)C1. The number of carbonyl (C=O) groups is 1. The molecule has 1 atom stereocenters. The molecule has 4 aliphatic rings. The Morgan fingerprint density at radius 1 is 0.929 bits per heavy atom. The molecule has 4 nitrogen and oxygen atoms in total. The number of carbonyl (C=O) groups excluding carboxylic acids is 1. The molecule has 0 bridgehead atoms. The molecule has 4 heteroatoms. The molecule has 1 aliphatic carbocycles. The van der Waals surface area contributed by atoms with E-state index >= 15 is 0 Å². The van der Waals surface area contributed by atoms with Crippen molar-refractivity contribution in [1.29, 1.82) is 0 Å². The summed E-state index contributed by atoms with van der Waals surface area (Å²) in [5, 5.41) is 0. The molecule has 4 fully saturated rings. The van der Waals surface area contributed by atoms with Crippen LogP contribution in [0.15, 0.2) is 24.3 Å². The van der Waals surface area contributed by atoms with Crippen molar-refractivity contribution in [2.75, 3.05) is 39.4 Å². The number of piperidine rings is 1. The maximum atomic E-state index is 10.9. The third-order valence-corrected chi connectivity index (χ3v) is 8.05. The minimum Gasteiger partial charge on any atom is -0.381 e. The largest absolute Gasteiger partial charge is 0.381 e. The Morgan fingerprint density at radius 3 is 2.21 bits per heavy atom. The molecule has 1 aromatic rings. The van der Waals surface area contributed by atoms with Crippen LogP contribution in [0.3, 0.4) is 0 Å². The number of ether oxygens (including phenoxy) is 1. The van der Waals surface area contributed by atoms with Crippen molar-refractivity contribution in [3.8, 4) is 0 Å². The number of nitrogens with zero attached hydrogens (tertiary/aromatic N) is 2. The van der Waals surface area contributed by atoms with E-state index in [0.717, 1.165) is 44.7 Å². The molecule has 1 amide bonds. The quantitative estimate of drug-likeness (QED) is 0.743. The molecule has 0 radical (unpaired) electrons. The van der Waals surface area contributed by atoms with Crippen LogP contribution in [0.1, 0.15) is 67.9 Å². The smallest absolute Gasteiger partial charge is 0.209 e. The number of benzene rings is 1. The predicted molar refractivity (Wildman–Crippen MR) is 110 cm³/mol. The molecule has 1 unspecified atom stereocenters. The molecular weight excluding hydrogens is 348 g/mol. The van der Waals surface area contributed by atoms with Crippen molar-refractivity contribution in [3.05, 3.63) is 35.4 Å². The highest BCUT2D eigenvalue weighted by atomic mass is 16.5. The van der Waals surface area contributed by atoms with Crippen molar-refractivity contribution in [1.82, 2.24) is 9.80 Å². The van der Waals surface area contributed by atoms with Gasteiger partial charge in [-0.05, 0) is 81.0 Å². The lowest BCUT2D eigenvalue weighted by atomic mass is 9.78. The van der Waals surface area contributed by atoms with Crippen molar-refractivity contribution in [3.63, 3.8) is 0 Å². The van der Waals surface area contributed by atoms with Crippen LogP contribution in [-0.2, 0) is 9.53 Å². The summed E-state index contributed by atoms with van der Waals surface area (Å²) < 4.78 is 5.59. The summed E-state index contributed by atoms with van der Waals surface area (Å²) in [7, 11) is 0. The predicted octanol–water partition coefficient (Wildman–Crippen LogP) is 3.77. The molecule has 0 aromatic heterocycles. The van der Waals surface area contributed by atoms with Gasteiger partial charge in [0.15, 0.2) is 0 Å². The van der Waals surface area contributed by atoms with Crippen LogP contribution in [0.2, 0.25) is 0 Å². The van der Waals surface area contributed by atoms with Gasteiger partial charge >= 0.3 is 0 Å². The van der Waals surface area contributed by atoms with Gasteiger partial charge in [-0.2, -0.15) is 0 Å². The van der Waals surface area contributed by atoms with Crippen LogP contribution in [-0.4, -0.2) is 61.6 Å². The summed E-state index contributed by atoms with van der Waals surface area (Å²) in [5.74, 6) is 1.41. The van der Waals surface area contributed by atoms with Crippen molar-refractivity contribution < 1.29 is 9.53 Å². The van der Waals surface area contributed by atoms with Gasteiger partial charge in [0.25, 0.3) is 0 Å². The van der Waals surface area contributed by atoms with E-state index in [2.05, 4.69) is 29.2 Å². The molecule has 1 aromatic carbocycles. The normalized spacial score (nSPS) is 29.1. The molecule has 3 aliphatic heterocycles. The van der Waals surface area contributed by atoms with E-state index in [1.807, 2.05) is 4.90 Å². The maximum Gasteiger partial charge on any atom is 0.209 e. The summed E-state index contributed by atoms with van der Waals surface area (Å²) in [5.41, 5.74) is 3.68. The fourth-order valence-electron chi connectivity index (χ4n) is 6.50. The highest BCUT2D eigenvalue weighted by molar-refractivity contribution is 5.49. The van der Waals surface area contributed by atoms with Gasteiger partial charge in [-0.1, -0.05) is 24.3 Å². The maximum absolute atomic E-state index is 10.9. The monoisotopic (exact) mass is 382 g/mol. The third-order valence-electron chi connectivity index (χ3n) is 8.05. The van der Waals surface area contributed by atoms with E-state index in [0.29, 0.717) is 11.3 Å². The fraction of sp³-hybridized carbons (Fsp3) is 0.708. The molecule has 3 heterocycles. The van der Waals surface area contributed by atoms with Crippen LogP contribution < -0.4 is 0 Å². The minimum atomic E-state index is 0.456. The van der Waals surface area contributed by atoms with Gasteiger partial charge in [0, 0.05) is 37.8 Å². The topological polar surface area (TPSA) is 32.8 Å². The summed E-state index contributed by atoms with van der Waals surface area (Å²) in [6.45, 7) is 6.32. The zero-order chi connectivity index (χ0) is 19.0. The van der Waals surface area contributed by atoms with Crippen LogP contribution in [0.4, 0.5) is 0 Å². The molecule has 5 rings (SSSR count). The highest BCUT2D eigenvalue weighted by Gasteiger charge is 2.49. The Morgan fingerprint density at radius 2 is 1.57 bits per heavy atom. The second-order valence-electron chi connectivity index (χ2n) is 9.73. The van der Waals surface area contributed by atoms with Gasteiger partial charge in [-0.15, -0.1) is 0 Å². The second-order valence-corrected chi connectivity index (χ2v) is 9.73. The first-order valence-corrected chi connectivity index (χ1v) is 11.4. The molecule has 1 saturated carbocycles. The molecule has 0 N–H and O–H groups in total. The first-order valence-electron chi connectivity index (χ1n) is 11.4. The van der Waals surface area contributed by atoms with Crippen LogP contribution in [0, 0.1) is 5.41 Å². The van der Waals surface area contributed by atoms with E-state index in [1.165, 1.54) is 58.0 Å². The first kappa shape index (κ1) is 18.6. The molecule has 3 saturated heterocycles. The highest BCUT2D eigenvalue weighted by Crippen LogP contribution is 2.47. The summed E-state index contributed by atoms with van der Waals surface area (Å²) in [6.07, 6.45) is 9.93. The lowest BCUT2D eigenvalue weighted by Gasteiger charge is -2.47. The zero-order valence-corrected chi connectivity index (χ0v) is 17.0. The average Bonchev–Trinajstić information content (AvgIpc) is 3.19. The van der Waals surface area contributed by atoms with E-state index in [-0.39, 0.29) is 0 Å².